The smallest absolute Gasteiger partial charge is 0.276 e. The van der Waals surface area contributed by atoms with Gasteiger partial charge in [0.05, 0.1) is 23.2 Å². The zero-order valence-corrected chi connectivity index (χ0v) is 17.3. The lowest BCUT2D eigenvalue weighted by atomic mass is 10.1. The molecule has 0 atom stereocenters. The first kappa shape index (κ1) is 20.5. The van der Waals surface area contributed by atoms with Crippen LogP contribution in [-0.4, -0.2) is 36.1 Å². The van der Waals surface area contributed by atoms with Crippen molar-refractivity contribution < 1.29 is 5.11 Å². The number of hydrogen-bond donors (Lipinski definition) is 2. The fourth-order valence-electron chi connectivity index (χ4n) is 3.17. The third-order valence-electron chi connectivity index (χ3n) is 4.88. The highest BCUT2D eigenvalue weighted by atomic mass is 16.3. The number of nitrogens with one attached hydrogen (secondary N) is 1. The summed E-state index contributed by atoms with van der Waals surface area (Å²) in [6.45, 7) is 3.49. The third kappa shape index (κ3) is 3.70. The average Bonchev–Trinajstić information content (AvgIpc) is 3.27. The maximum atomic E-state index is 12.8. The van der Waals surface area contributed by atoms with Crippen molar-refractivity contribution in [2.75, 3.05) is 5.43 Å². The first-order valence-electron chi connectivity index (χ1n) is 9.60. The van der Waals surface area contributed by atoms with Crippen LogP contribution in [0.25, 0.3) is 11.4 Å². The summed E-state index contributed by atoms with van der Waals surface area (Å²) in [7, 11) is 0. The van der Waals surface area contributed by atoms with Crippen LogP contribution in [0, 0.1) is 25.2 Å². The summed E-state index contributed by atoms with van der Waals surface area (Å²) < 4.78 is 2.54. The molecule has 2 aromatic carbocycles. The largest absolute Gasteiger partial charge is 0.494 e. The van der Waals surface area contributed by atoms with Gasteiger partial charge in [-0.15, -0.1) is 0 Å². The number of hydrogen-bond acceptors (Lipinski definition) is 8. The summed E-state index contributed by atoms with van der Waals surface area (Å²) in [5.74, 6) is -0.0829. The maximum Gasteiger partial charge on any atom is 0.276 e. The summed E-state index contributed by atoms with van der Waals surface area (Å²) in [4.78, 5) is 12.8. The number of rotatable bonds is 5. The summed E-state index contributed by atoms with van der Waals surface area (Å²) in [5, 5.41) is 36.0. The second-order valence-electron chi connectivity index (χ2n) is 6.95. The molecule has 0 aliphatic carbocycles. The van der Waals surface area contributed by atoms with Gasteiger partial charge < -0.3 is 5.11 Å². The van der Waals surface area contributed by atoms with Crippen LogP contribution in [0.4, 0.5) is 5.95 Å². The molecule has 0 saturated carbocycles. The molecule has 0 aliphatic heterocycles. The number of benzene rings is 2. The Morgan fingerprint density at radius 3 is 2.50 bits per heavy atom. The predicted octanol–water partition coefficient (Wildman–Crippen LogP) is 2.45. The molecule has 0 bridgehead atoms. The monoisotopic (exact) mass is 426 g/mol. The van der Waals surface area contributed by atoms with Crippen LogP contribution in [0.1, 0.15) is 22.3 Å². The molecule has 0 unspecified atom stereocenters. The van der Waals surface area contributed by atoms with Gasteiger partial charge in [0.2, 0.25) is 5.88 Å². The number of aromatic nitrogens is 5. The molecule has 32 heavy (non-hydrogen) atoms. The number of aromatic hydroxyl groups is 1. The molecule has 2 heterocycles. The van der Waals surface area contributed by atoms with Crippen LogP contribution < -0.4 is 11.0 Å². The van der Waals surface area contributed by atoms with Crippen LogP contribution in [0.5, 0.6) is 5.88 Å². The minimum Gasteiger partial charge on any atom is -0.494 e. The molecule has 0 saturated heterocycles. The van der Waals surface area contributed by atoms with Gasteiger partial charge in [-0.25, -0.2) is 9.99 Å². The Morgan fingerprint density at radius 1 is 1.09 bits per heavy atom. The van der Waals surface area contributed by atoms with Gasteiger partial charge in [0.15, 0.2) is 0 Å². The second kappa shape index (κ2) is 8.53. The minimum atomic E-state index is -0.607. The highest BCUT2D eigenvalue weighted by Crippen LogP contribution is 2.23. The fraction of sp³-hybridized carbons (Fsp3) is 0.0909. The van der Waals surface area contributed by atoms with Crippen LogP contribution in [0.3, 0.4) is 0 Å². The Labute approximate surface area is 182 Å². The summed E-state index contributed by atoms with van der Waals surface area (Å²) in [6, 6.07) is 18.2. The van der Waals surface area contributed by atoms with Crippen molar-refractivity contribution in [1.82, 2.24) is 24.8 Å². The van der Waals surface area contributed by atoms with Crippen molar-refractivity contribution in [2.45, 2.75) is 13.8 Å². The van der Waals surface area contributed by atoms with Crippen LogP contribution >= 0.6 is 0 Å². The highest BCUT2D eigenvalue weighted by Gasteiger charge is 2.19. The van der Waals surface area contributed by atoms with Crippen LogP contribution in [-0.2, 0) is 0 Å². The Morgan fingerprint density at radius 2 is 1.81 bits per heavy atom. The molecule has 4 rings (SSSR count). The first-order chi connectivity index (χ1) is 15.5. The topological polar surface area (TPSA) is 134 Å². The van der Waals surface area contributed by atoms with Gasteiger partial charge in [-0.2, -0.15) is 15.0 Å². The van der Waals surface area contributed by atoms with E-state index in [0.29, 0.717) is 11.3 Å². The quantitative estimate of drug-likeness (QED) is 0.370. The summed E-state index contributed by atoms with van der Waals surface area (Å²) in [5.41, 5.74) is 4.73. The Bertz CT molecular complexity index is 1400. The number of anilines is 1. The van der Waals surface area contributed by atoms with E-state index in [1.165, 1.54) is 10.9 Å². The van der Waals surface area contributed by atoms with Gasteiger partial charge >= 0.3 is 0 Å². The second-order valence-corrected chi connectivity index (χ2v) is 6.95. The summed E-state index contributed by atoms with van der Waals surface area (Å²) >= 11 is 0. The molecule has 0 spiro atoms. The predicted molar refractivity (Wildman–Crippen MR) is 118 cm³/mol. The van der Waals surface area contributed by atoms with Crippen molar-refractivity contribution in [3.8, 4) is 23.3 Å². The van der Waals surface area contributed by atoms with Gasteiger partial charge in [-0.05, 0) is 54.1 Å². The lowest BCUT2D eigenvalue weighted by molar-refractivity contribution is 0.433. The molecule has 158 valence electrons. The molecule has 4 aromatic rings. The van der Waals surface area contributed by atoms with Crippen LogP contribution in [0.2, 0.25) is 0 Å². The number of tetrazole rings is 1. The first-order valence-corrected chi connectivity index (χ1v) is 9.60. The number of hydrazone groups is 1. The fourth-order valence-corrected chi connectivity index (χ4v) is 3.17. The van der Waals surface area contributed by atoms with E-state index in [9.17, 15) is 15.2 Å². The number of pyridine rings is 1. The standard InChI is InChI=1S/C22H18N8O2/c1-14-8-10-16(11-9-14)29-20(31)18(12-23)15(2)19(21(29)32)13-24-25-22-26-27-28-30(22)17-6-4-3-5-7-17/h3-11,13,32H,1-2H3,(H,25,26,28)/b24-13+. The Balaban J connectivity index is 1.74. The number of nitrogens with zero attached hydrogens (tertiary/aromatic N) is 7. The lowest BCUT2D eigenvalue weighted by Gasteiger charge is -2.14. The van der Waals surface area contributed by atoms with E-state index < -0.39 is 5.56 Å². The average molecular weight is 426 g/mol. The minimum absolute atomic E-state index is 0.0843. The third-order valence-corrected chi connectivity index (χ3v) is 4.88. The zero-order valence-electron chi connectivity index (χ0n) is 17.3. The molecule has 10 nitrogen and oxygen atoms in total. The normalized spacial score (nSPS) is 10.9. The molecular formula is C22H18N8O2. The molecule has 0 amide bonds. The van der Waals surface area contributed by atoms with Crippen molar-refractivity contribution in [3.63, 3.8) is 0 Å². The number of aryl methyl sites for hydroxylation is 1. The van der Waals surface area contributed by atoms with E-state index in [-0.39, 0.29) is 23.0 Å². The molecular weight excluding hydrogens is 408 g/mol. The van der Waals surface area contributed by atoms with Crippen LogP contribution in [0.15, 0.2) is 64.5 Å². The van der Waals surface area contributed by atoms with Crippen molar-refractivity contribution in [1.29, 1.82) is 5.26 Å². The van der Waals surface area contributed by atoms with Gasteiger partial charge in [-0.3, -0.25) is 4.79 Å². The van der Waals surface area contributed by atoms with E-state index >= 15 is 0 Å². The van der Waals surface area contributed by atoms with Crippen molar-refractivity contribution in [3.05, 3.63) is 87.2 Å². The molecule has 0 radical (unpaired) electrons. The SMILES string of the molecule is Cc1ccc(-n2c(O)c(/C=N/Nc3nnnn3-c3ccccc3)c(C)c(C#N)c2=O)cc1. The Hall–Kier alpha value is -4.78. The van der Waals surface area contributed by atoms with E-state index in [1.807, 2.05) is 55.5 Å². The molecule has 0 fully saturated rings. The summed E-state index contributed by atoms with van der Waals surface area (Å²) in [6.07, 6.45) is 1.32. The van der Waals surface area contributed by atoms with Gasteiger partial charge in [-0.1, -0.05) is 41.0 Å². The molecule has 10 heteroatoms. The van der Waals surface area contributed by atoms with Gasteiger partial charge in [0.1, 0.15) is 11.6 Å². The molecule has 2 aromatic heterocycles. The van der Waals surface area contributed by atoms with Crippen molar-refractivity contribution in [2.24, 2.45) is 5.10 Å². The van der Waals surface area contributed by atoms with Gasteiger partial charge in [0, 0.05) is 0 Å². The number of nitriles is 1. The van der Waals surface area contributed by atoms with E-state index in [0.717, 1.165) is 15.8 Å². The highest BCUT2D eigenvalue weighted by molar-refractivity contribution is 5.86. The lowest BCUT2D eigenvalue weighted by Crippen LogP contribution is -2.24. The number of para-hydroxylation sites is 1. The Kier molecular flexibility index (Phi) is 5.46. The molecule has 0 aliphatic rings. The van der Waals surface area contributed by atoms with E-state index in [1.54, 1.807) is 19.1 Å². The maximum absolute atomic E-state index is 12.8. The zero-order chi connectivity index (χ0) is 22.7. The van der Waals surface area contributed by atoms with E-state index in [2.05, 4.69) is 26.1 Å². The van der Waals surface area contributed by atoms with E-state index in [4.69, 9.17) is 0 Å². The van der Waals surface area contributed by atoms with Gasteiger partial charge in [0.25, 0.3) is 11.5 Å². The molecule has 2 N–H and O–H groups in total. The van der Waals surface area contributed by atoms with Crippen molar-refractivity contribution >= 4 is 12.2 Å².